The summed E-state index contributed by atoms with van der Waals surface area (Å²) < 4.78 is 0. The topological polar surface area (TPSA) is 73.9 Å². The largest absolute Gasteiger partial charge is 0.349 e. The lowest BCUT2D eigenvalue weighted by Crippen LogP contribution is -2.33. The van der Waals surface area contributed by atoms with Crippen molar-refractivity contribution in [2.45, 2.75) is 45.4 Å². The van der Waals surface area contributed by atoms with Crippen molar-refractivity contribution in [2.75, 3.05) is 26.2 Å². The van der Waals surface area contributed by atoms with Crippen LogP contribution in [-0.4, -0.2) is 52.2 Å². The van der Waals surface area contributed by atoms with E-state index in [2.05, 4.69) is 32.3 Å². The molecule has 0 bridgehead atoms. The minimum absolute atomic E-state index is 0.178. The Bertz CT molecular complexity index is 411. The summed E-state index contributed by atoms with van der Waals surface area (Å²) >= 11 is 0. The smallest absolute Gasteiger partial charge is 0.290 e. The highest BCUT2D eigenvalue weighted by Crippen LogP contribution is 2.08. The zero-order chi connectivity index (χ0) is 14.2. The third kappa shape index (κ3) is 4.59. The number of hydrogen-bond donors (Lipinski definition) is 2. The maximum atomic E-state index is 11.8. The summed E-state index contributed by atoms with van der Waals surface area (Å²) in [7, 11) is 0. The van der Waals surface area contributed by atoms with Crippen LogP contribution in [0.3, 0.4) is 0 Å². The first-order valence-electron chi connectivity index (χ1n) is 7.71. The van der Waals surface area contributed by atoms with E-state index in [9.17, 15) is 4.79 Å². The normalized spacial score (nSPS) is 16.2. The van der Waals surface area contributed by atoms with Gasteiger partial charge in [0.15, 0.2) is 0 Å². The van der Waals surface area contributed by atoms with E-state index in [4.69, 9.17) is 0 Å². The fourth-order valence-electron chi connectivity index (χ4n) is 2.51. The van der Waals surface area contributed by atoms with Crippen LogP contribution in [0.4, 0.5) is 0 Å². The molecule has 20 heavy (non-hydrogen) atoms. The second kappa shape index (κ2) is 7.99. The summed E-state index contributed by atoms with van der Waals surface area (Å²) in [6.45, 7) is 6.23. The number of carbonyl (C=O) groups excluding carboxylic acids is 1. The summed E-state index contributed by atoms with van der Waals surface area (Å²) in [6.07, 6.45) is 6.78. The van der Waals surface area contributed by atoms with E-state index < -0.39 is 0 Å². The van der Waals surface area contributed by atoms with E-state index in [0.717, 1.165) is 31.6 Å². The number of hydrogen-bond acceptors (Lipinski definition) is 4. The van der Waals surface area contributed by atoms with Crippen molar-refractivity contribution < 1.29 is 4.79 Å². The van der Waals surface area contributed by atoms with Crippen molar-refractivity contribution in [3.05, 3.63) is 11.6 Å². The number of amides is 1. The van der Waals surface area contributed by atoms with Gasteiger partial charge in [-0.2, -0.15) is 0 Å². The first-order chi connectivity index (χ1) is 9.79. The molecule has 0 spiro atoms. The second-order valence-corrected chi connectivity index (χ2v) is 5.37. The molecule has 1 amide bonds. The van der Waals surface area contributed by atoms with Gasteiger partial charge >= 0.3 is 0 Å². The molecule has 0 atom stereocenters. The first kappa shape index (κ1) is 15.0. The Labute approximate surface area is 120 Å². The molecule has 0 unspecified atom stereocenters. The molecule has 6 nitrogen and oxygen atoms in total. The van der Waals surface area contributed by atoms with E-state index in [1.807, 2.05) is 0 Å². The van der Waals surface area contributed by atoms with Gasteiger partial charge in [0.1, 0.15) is 5.82 Å². The fourth-order valence-corrected chi connectivity index (χ4v) is 2.51. The molecule has 1 aliphatic heterocycles. The Morgan fingerprint density at radius 3 is 2.90 bits per heavy atom. The van der Waals surface area contributed by atoms with Gasteiger partial charge in [-0.15, -0.1) is 5.10 Å². The van der Waals surface area contributed by atoms with Gasteiger partial charge in [-0.05, 0) is 45.3 Å². The van der Waals surface area contributed by atoms with Crippen LogP contribution in [0.2, 0.25) is 0 Å². The van der Waals surface area contributed by atoms with Crippen LogP contribution in [0.25, 0.3) is 0 Å². The van der Waals surface area contributed by atoms with Gasteiger partial charge in [0, 0.05) is 13.0 Å². The molecule has 2 N–H and O–H groups in total. The maximum Gasteiger partial charge on any atom is 0.290 e. The third-order valence-electron chi connectivity index (χ3n) is 3.61. The van der Waals surface area contributed by atoms with Crippen molar-refractivity contribution in [3.63, 3.8) is 0 Å². The standard InChI is InChI=1S/C14H25N5O/c1-2-7-12-16-13(18-17-12)14(20)15-8-6-11-19-9-4-3-5-10-19/h2-11H2,1H3,(H,15,20)(H,16,17,18). The molecular weight excluding hydrogens is 254 g/mol. The second-order valence-electron chi connectivity index (χ2n) is 5.37. The van der Waals surface area contributed by atoms with Crippen molar-refractivity contribution in [3.8, 4) is 0 Å². The molecule has 2 heterocycles. The Morgan fingerprint density at radius 1 is 1.35 bits per heavy atom. The Morgan fingerprint density at radius 2 is 2.15 bits per heavy atom. The molecule has 1 aromatic heterocycles. The number of aryl methyl sites for hydroxylation is 1. The van der Waals surface area contributed by atoms with Gasteiger partial charge in [0.05, 0.1) is 0 Å². The molecule has 6 heteroatoms. The molecule has 0 aromatic carbocycles. The quantitative estimate of drug-likeness (QED) is 0.739. The zero-order valence-electron chi connectivity index (χ0n) is 12.3. The van der Waals surface area contributed by atoms with Gasteiger partial charge in [-0.3, -0.25) is 9.89 Å². The highest BCUT2D eigenvalue weighted by atomic mass is 16.2. The SMILES string of the molecule is CCCc1nc(C(=O)NCCCN2CCCCC2)n[nH]1. The fraction of sp³-hybridized carbons (Fsp3) is 0.786. The summed E-state index contributed by atoms with van der Waals surface area (Å²) in [5.41, 5.74) is 0. The van der Waals surface area contributed by atoms with Crippen molar-refractivity contribution >= 4 is 5.91 Å². The molecule has 1 aromatic rings. The highest BCUT2D eigenvalue weighted by Gasteiger charge is 2.12. The van der Waals surface area contributed by atoms with Gasteiger partial charge in [-0.1, -0.05) is 13.3 Å². The van der Waals surface area contributed by atoms with Gasteiger partial charge in [0.2, 0.25) is 5.82 Å². The average Bonchev–Trinajstić information content (AvgIpc) is 2.94. The van der Waals surface area contributed by atoms with Crippen LogP contribution in [0.1, 0.15) is 55.5 Å². The van der Waals surface area contributed by atoms with E-state index in [-0.39, 0.29) is 11.7 Å². The summed E-state index contributed by atoms with van der Waals surface area (Å²) in [5.74, 6) is 0.861. The van der Waals surface area contributed by atoms with Crippen LogP contribution in [0.5, 0.6) is 0 Å². The minimum Gasteiger partial charge on any atom is -0.349 e. The van der Waals surface area contributed by atoms with Crippen LogP contribution >= 0.6 is 0 Å². The number of carbonyl (C=O) groups is 1. The molecule has 2 rings (SSSR count). The molecule has 0 saturated carbocycles. The Kier molecular flexibility index (Phi) is 5.98. The van der Waals surface area contributed by atoms with E-state index in [1.165, 1.54) is 32.4 Å². The van der Waals surface area contributed by atoms with Gasteiger partial charge in [0.25, 0.3) is 5.91 Å². The average molecular weight is 279 g/mol. The van der Waals surface area contributed by atoms with E-state index in [1.54, 1.807) is 0 Å². The number of aromatic nitrogens is 3. The van der Waals surface area contributed by atoms with Crippen LogP contribution in [0, 0.1) is 0 Å². The van der Waals surface area contributed by atoms with Crippen LogP contribution in [0.15, 0.2) is 0 Å². The predicted octanol–water partition coefficient (Wildman–Crippen LogP) is 1.36. The Hall–Kier alpha value is -1.43. The molecule has 0 radical (unpaired) electrons. The first-order valence-corrected chi connectivity index (χ1v) is 7.71. The summed E-state index contributed by atoms with van der Waals surface area (Å²) in [4.78, 5) is 18.5. The van der Waals surface area contributed by atoms with Crippen molar-refractivity contribution in [1.29, 1.82) is 0 Å². The van der Waals surface area contributed by atoms with E-state index in [0.29, 0.717) is 6.54 Å². The van der Waals surface area contributed by atoms with Gasteiger partial charge in [-0.25, -0.2) is 4.98 Å². The van der Waals surface area contributed by atoms with E-state index >= 15 is 0 Å². The monoisotopic (exact) mass is 279 g/mol. The minimum atomic E-state index is -0.178. The van der Waals surface area contributed by atoms with Crippen molar-refractivity contribution in [2.24, 2.45) is 0 Å². The maximum absolute atomic E-state index is 11.8. The number of piperidine rings is 1. The number of likely N-dealkylation sites (tertiary alicyclic amines) is 1. The zero-order valence-corrected chi connectivity index (χ0v) is 12.3. The molecular formula is C14H25N5O. The van der Waals surface area contributed by atoms with Crippen molar-refractivity contribution in [1.82, 2.24) is 25.4 Å². The lowest BCUT2D eigenvalue weighted by atomic mass is 10.1. The number of aromatic amines is 1. The highest BCUT2D eigenvalue weighted by molar-refractivity contribution is 5.90. The number of nitrogens with one attached hydrogen (secondary N) is 2. The lowest BCUT2D eigenvalue weighted by molar-refractivity contribution is 0.0941. The lowest BCUT2D eigenvalue weighted by Gasteiger charge is -2.26. The predicted molar refractivity (Wildman–Crippen MR) is 77.6 cm³/mol. The number of rotatable bonds is 7. The van der Waals surface area contributed by atoms with Crippen LogP contribution in [-0.2, 0) is 6.42 Å². The molecule has 1 saturated heterocycles. The Balaban J connectivity index is 1.63. The third-order valence-corrected chi connectivity index (χ3v) is 3.61. The van der Waals surface area contributed by atoms with Gasteiger partial charge < -0.3 is 10.2 Å². The molecule has 0 aliphatic carbocycles. The summed E-state index contributed by atoms with van der Waals surface area (Å²) in [6, 6.07) is 0. The van der Waals surface area contributed by atoms with Crippen LogP contribution < -0.4 is 5.32 Å². The number of H-pyrrole nitrogens is 1. The molecule has 112 valence electrons. The molecule has 1 fully saturated rings. The summed E-state index contributed by atoms with van der Waals surface area (Å²) in [5, 5.41) is 9.63. The molecule has 1 aliphatic rings. The number of nitrogens with zero attached hydrogens (tertiary/aromatic N) is 3.